The summed E-state index contributed by atoms with van der Waals surface area (Å²) < 4.78 is 24.3. The van der Waals surface area contributed by atoms with Crippen LogP contribution in [0.1, 0.15) is 40.2 Å². The van der Waals surface area contributed by atoms with Crippen LogP contribution in [0, 0.1) is 13.8 Å². The molecule has 4 rings (SSSR count). The number of hydrogen-bond donors (Lipinski definition) is 2. The molecule has 2 heterocycles. The zero-order valence-electron chi connectivity index (χ0n) is 22.0. The van der Waals surface area contributed by atoms with E-state index in [-0.39, 0.29) is 18.1 Å². The third kappa shape index (κ3) is 6.48. The third-order valence-electron chi connectivity index (χ3n) is 5.87. The molecule has 0 spiro atoms. The van der Waals surface area contributed by atoms with Gasteiger partial charge in [-0.1, -0.05) is 6.07 Å². The van der Waals surface area contributed by atoms with Crippen molar-refractivity contribution in [2.24, 2.45) is 5.10 Å². The number of aryl methyl sites for hydroxylation is 2. The number of para-hydroxylation sites is 1. The van der Waals surface area contributed by atoms with Crippen molar-refractivity contribution in [1.82, 2.24) is 9.99 Å². The first-order valence-electron chi connectivity index (χ1n) is 12.1. The Morgan fingerprint density at radius 1 is 1.05 bits per heavy atom. The summed E-state index contributed by atoms with van der Waals surface area (Å²) in [5, 5.41) is 13.1. The van der Waals surface area contributed by atoms with Crippen LogP contribution in [0.15, 0.2) is 76.2 Å². The second-order valence-electron chi connectivity index (χ2n) is 8.68. The number of carbonyl (C=O) groups excluding carboxylic acids is 1. The van der Waals surface area contributed by atoms with Crippen LogP contribution in [0.25, 0.3) is 5.69 Å². The zero-order chi connectivity index (χ0) is 27.9. The van der Waals surface area contributed by atoms with Crippen molar-refractivity contribution in [2.45, 2.75) is 33.5 Å². The Bertz CT molecular complexity index is 1470. The molecule has 0 aliphatic heterocycles. The van der Waals surface area contributed by atoms with Gasteiger partial charge >= 0.3 is 11.9 Å². The maximum Gasteiger partial charge on any atom is 0.344 e. The van der Waals surface area contributed by atoms with Crippen LogP contribution in [0.3, 0.4) is 0 Å². The number of rotatable bonds is 11. The SMILES string of the molecule is COc1cccc(C=NNC(=O)c2ccc(COc3ccc(-n4c(C)ccc4C)cc3)o2)c1O[C@H](C)C(=O)O. The predicted octanol–water partition coefficient (Wildman–Crippen LogP) is 4.89. The van der Waals surface area contributed by atoms with Gasteiger partial charge in [0.25, 0.3) is 0 Å². The van der Waals surface area contributed by atoms with Gasteiger partial charge in [0.15, 0.2) is 23.4 Å². The molecular weight excluding hydrogens is 502 g/mol. The molecule has 1 amide bonds. The van der Waals surface area contributed by atoms with E-state index in [0.717, 1.165) is 17.1 Å². The van der Waals surface area contributed by atoms with Gasteiger partial charge in [-0.2, -0.15) is 5.10 Å². The van der Waals surface area contributed by atoms with Crippen LogP contribution in [0.2, 0.25) is 0 Å². The molecular formula is C29H29N3O7. The fraction of sp³-hybridized carbons (Fsp3) is 0.207. The van der Waals surface area contributed by atoms with Gasteiger partial charge in [-0.3, -0.25) is 4.79 Å². The number of furan rings is 1. The fourth-order valence-corrected chi connectivity index (χ4v) is 3.86. The summed E-state index contributed by atoms with van der Waals surface area (Å²) >= 11 is 0. The lowest BCUT2D eigenvalue weighted by Crippen LogP contribution is -2.23. The van der Waals surface area contributed by atoms with Gasteiger partial charge in [-0.05, 0) is 81.4 Å². The quantitative estimate of drug-likeness (QED) is 0.209. The fourth-order valence-electron chi connectivity index (χ4n) is 3.86. The van der Waals surface area contributed by atoms with Crippen molar-refractivity contribution >= 4 is 18.1 Å². The first-order valence-corrected chi connectivity index (χ1v) is 12.1. The van der Waals surface area contributed by atoms with E-state index in [1.165, 1.54) is 26.3 Å². The molecule has 2 aromatic carbocycles. The molecule has 0 bridgehead atoms. The number of hydrogen-bond acceptors (Lipinski definition) is 7. The number of ether oxygens (including phenoxy) is 3. The third-order valence-corrected chi connectivity index (χ3v) is 5.87. The lowest BCUT2D eigenvalue weighted by molar-refractivity contribution is -0.144. The Morgan fingerprint density at radius 3 is 2.44 bits per heavy atom. The van der Waals surface area contributed by atoms with Crippen LogP contribution >= 0.6 is 0 Å². The van der Waals surface area contributed by atoms with E-state index in [1.54, 1.807) is 24.3 Å². The molecule has 0 radical (unpaired) electrons. The van der Waals surface area contributed by atoms with Crippen molar-refractivity contribution in [3.63, 3.8) is 0 Å². The van der Waals surface area contributed by atoms with Gasteiger partial charge in [-0.25, -0.2) is 10.2 Å². The van der Waals surface area contributed by atoms with Crippen LogP contribution in [0.4, 0.5) is 0 Å². The molecule has 0 saturated carbocycles. The van der Waals surface area contributed by atoms with E-state index in [9.17, 15) is 9.59 Å². The first-order chi connectivity index (χ1) is 18.8. The second kappa shape index (κ2) is 12.0. The Labute approximate surface area is 225 Å². The van der Waals surface area contributed by atoms with Crippen molar-refractivity contribution in [2.75, 3.05) is 7.11 Å². The van der Waals surface area contributed by atoms with Crippen molar-refractivity contribution in [3.05, 3.63) is 95.2 Å². The van der Waals surface area contributed by atoms with E-state index in [1.807, 2.05) is 24.3 Å². The monoisotopic (exact) mass is 531 g/mol. The summed E-state index contributed by atoms with van der Waals surface area (Å²) in [5.41, 5.74) is 6.15. The largest absolute Gasteiger partial charge is 0.493 e. The maximum absolute atomic E-state index is 12.5. The number of aliphatic carboxylic acids is 1. The molecule has 0 fully saturated rings. The average molecular weight is 532 g/mol. The second-order valence-corrected chi connectivity index (χ2v) is 8.68. The number of benzene rings is 2. The summed E-state index contributed by atoms with van der Waals surface area (Å²) in [6.45, 7) is 5.65. The van der Waals surface area contributed by atoms with Crippen LogP contribution in [0.5, 0.6) is 17.2 Å². The van der Waals surface area contributed by atoms with Gasteiger partial charge in [-0.15, -0.1) is 0 Å². The number of carboxylic acids is 1. The summed E-state index contributed by atoms with van der Waals surface area (Å²) in [6.07, 6.45) is 0.218. The standard InChI is InChI=1S/C29H29N3O7/c1-18-8-9-19(2)32(18)22-10-12-23(13-11-22)37-17-24-14-15-26(39-24)28(33)31-30-16-21-6-5-7-25(36-4)27(21)38-20(3)29(34)35/h5-16,20H,17H2,1-4H3,(H,31,33)(H,34,35)/t20-/m1/s1. The zero-order valence-corrected chi connectivity index (χ0v) is 22.0. The molecule has 2 aromatic heterocycles. The van der Waals surface area contributed by atoms with Crippen molar-refractivity contribution in [1.29, 1.82) is 0 Å². The minimum atomic E-state index is -1.13. The highest BCUT2D eigenvalue weighted by Crippen LogP contribution is 2.31. The van der Waals surface area contributed by atoms with Crippen LogP contribution in [-0.4, -0.2) is 41.0 Å². The van der Waals surface area contributed by atoms with Gasteiger partial charge in [0, 0.05) is 22.6 Å². The van der Waals surface area contributed by atoms with Gasteiger partial charge in [0.1, 0.15) is 18.1 Å². The minimum Gasteiger partial charge on any atom is -0.493 e. The van der Waals surface area contributed by atoms with Gasteiger partial charge in [0.2, 0.25) is 0 Å². The van der Waals surface area contributed by atoms with E-state index >= 15 is 0 Å². The summed E-state index contributed by atoms with van der Waals surface area (Å²) in [7, 11) is 1.44. The smallest absolute Gasteiger partial charge is 0.344 e. The Balaban J connectivity index is 1.35. The number of nitrogens with zero attached hydrogens (tertiary/aromatic N) is 2. The molecule has 202 valence electrons. The molecule has 10 nitrogen and oxygen atoms in total. The van der Waals surface area contributed by atoms with E-state index in [4.69, 9.17) is 23.7 Å². The summed E-state index contributed by atoms with van der Waals surface area (Å²) in [4.78, 5) is 23.7. The minimum absolute atomic E-state index is 0.0567. The number of methoxy groups -OCH3 is 1. The van der Waals surface area contributed by atoms with Crippen molar-refractivity contribution < 1.29 is 33.3 Å². The summed E-state index contributed by atoms with van der Waals surface area (Å²) in [6, 6.07) is 20.0. The van der Waals surface area contributed by atoms with E-state index < -0.39 is 18.0 Å². The molecule has 2 N–H and O–H groups in total. The molecule has 0 saturated heterocycles. The first kappa shape index (κ1) is 27.1. The van der Waals surface area contributed by atoms with Crippen molar-refractivity contribution in [3.8, 4) is 22.9 Å². The normalized spacial score (nSPS) is 11.8. The molecule has 0 aliphatic rings. The molecule has 1 atom stereocenters. The molecule has 39 heavy (non-hydrogen) atoms. The number of carbonyl (C=O) groups is 2. The van der Waals surface area contributed by atoms with Crippen LogP contribution < -0.4 is 19.6 Å². The highest BCUT2D eigenvalue weighted by Gasteiger charge is 2.18. The number of aromatic nitrogens is 1. The molecule has 4 aromatic rings. The van der Waals surface area contributed by atoms with Gasteiger partial charge < -0.3 is 28.3 Å². The lowest BCUT2D eigenvalue weighted by Gasteiger charge is -2.15. The predicted molar refractivity (Wildman–Crippen MR) is 144 cm³/mol. The number of carboxylic acid groups (broad SMARTS) is 1. The highest BCUT2D eigenvalue weighted by atomic mass is 16.5. The topological polar surface area (TPSA) is 125 Å². The number of hydrazone groups is 1. The lowest BCUT2D eigenvalue weighted by atomic mass is 10.2. The highest BCUT2D eigenvalue weighted by molar-refractivity contribution is 5.93. The number of amides is 1. The maximum atomic E-state index is 12.5. The molecule has 0 unspecified atom stereocenters. The van der Waals surface area contributed by atoms with Crippen LogP contribution in [-0.2, 0) is 11.4 Å². The number of nitrogens with one attached hydrogen (secondary N) is 1. The van der Waals surface area contributed by atoms with Gasteiger partial charge in [0.05, 0.1) is 13.3 Å². The Morgan fingerprint density at radius 2 is 1.77 bits per heavy atom. The molecule has 10 heteroatoms. The van der Waals surface area contributed by atoms with E-state index in [0.29, 0.717) is 22.8 Å². The average Bonchev–Trinajstić information content (AvgIpc) is 3.54. The van der Waals surface area contributed by atoms with E-state index in [2.05, 4.69) is 41.1 Å². The Hall–Kier alpha value is -4.99. The summed E-state index contributed by atoms with van der Waals surface area (Å²) in [5.74, 6) is 0.0208. The molecule has 0 aliphatic carbocycles. The Kier molecular flexibility index (Phi) is 8.35.